The lowest BCUT2D eigenvalue weighted by Crippen LogP contribution is -2.50. The number of benzene rings is 2. The fourth-order valence-corrected chi connectivity index (χ4v) is 2.66. The van der Waals surface area contributed by atoms with Crippen LogP contribution in [-0.2, 0) is 10.0 Å². The van der Waals surface area contributed by atoms with Crippen molar-refractivity contribution in [2.75, 3.05) is 5.01 Å². The van der Waals surface area contributed by atoms with E-state index in [4.69, 9.17) is 5.73 Å². The third-order valence-electron chi connectivity index (χ3n) is 2.70. The van der Waals surface area contributed by atoms with Crippen molar-refractivity contribution < 1.29 is 18.0 Å². The van der Waals surface area contributed by atoms with Gasteiger partial charge in [0.15, 0.2) is 0 Å². The van der Waals surface area contributed by atoms with Gasteiger partial charge in [-0.3, -0.25) is 4.79 Å². The van der Waals surface area contributed by atoms with E-state index in [2.05, 4.69) is 0 Å². The minimum Gasteiger partial charge on any atom is -0.350 e. The molecule has 0 unspecified atom stereocenters. The summed E-state index contributed by atoms with van der Waals surface area (Å²) in [4.78, 5) is 25.4. The highest BCUT2D eigenvalue weighted by Gasteiger charge is 2.28. The average molecular weight is 319 g/mol. The number of hydrogen-bond acceptors (Lipinski definition) is 4. The molecule has 2 amide bonds. The van der Waals surface area contributed by atoms with Crippen LogP contribution in [0.25, 0.3) is 0 Å². The van der Waals surface area contributed by atoms with Gasteiger partial charge in [0, 0.05) is 5.56 Å². The summed E-state index contributed by atoms with van der Waals surface area (Å²) in [7, 11) is -4.47. The highest BCUT2D eigenvalue weighted by atomic mass is 32.2. The van der Waals surface area contributed by atoms with Gasteiger partial charge in [0.05, 0.1) is 5.69 Å². The van der Waals surface area contributed by atoms with Gasteiger partial charge < -0.3 is 5.73 Å². The van der Waals surface area contributed by atoms with Crippen molar-refractivity contribution in [2.45, 2.75) is 0 Å². The number of nitrogens with one attached hydrogen (secondary N) is 1. The molecule has 0 radical (unpaired) electrons. The predicted molar refractivity (Wildman–Crippen MR) is 81.3 cm³/mol. The lowest BCUT2D eigenvalue weighted by atomic mass is 10.2. The summed E-state index contributed by atoms with van der Waals surface area (Å²) in [6.45, 7) is 0. The zero-order valence-electron chi connectivity index (χ0n) is 11.3. The van der Waals surface area contributed by atoms with E-state index in [1.807, 2.05) is 4.83 Å². The minimum absolute atomic E-state index is 0.0208. The van der Waals surface area contributed by atoms with Crippen molar-refractivity contribution in [1.82, 2.24) is 4.83 Å². The molecule has 22 heavy (non-hydrogen) atoms. The Kier molecular flexibility index (Phi) is 4.54. The molecule has 0 aliphatic carbocycles. The second-order valence-corrected chi connectivity index (χ2v) is 5.82. The fraction of sp³-hybridized carbons (Fsp3) is 0. The van der Waals surface area contributed by atoms with Crippen LogP contribution in [0.4, 0.5) is 10.5 Å². The average Bonchev–Trinajstić information content (AvgIpc) is 2.53. The van der Waals surface area contributed by atoms with Gasteiger partial charge in [-0.25, -0.2) is 18.2 Å². The smallest absolute Gasteiger partial charge is 0.334 e. The maximum atomic E-state index is 12.1. The zero-order valence-corrected chi connectivity index (χ0v) is 12.2. The largest absolute Gasteiger partial charge is 0.350 e. The third kappa shape index (κ3) is 3.48. The molecule has 2 rings (SSSR count). The molecule has 0 aliphatic rings. The van der Waals surface area contributed by atoms with Gasteiger partial charge in [0.25, 0.3) is 15.1 Å². The van der Waals surface area contributed by atoms with Gasteiger partial charge >= 0.3 is 6.03 Å². The van der Waals surface area contributed by atoms with Gasteiger partial charge in [0.2, 0.25) is 0 Å². The minimum atomic E-state index is -4.47. The Labute approximate surface area is 127 Å². The van der Waals surface area contributed by atoms with E-state index < -0.39 is 21.2 Å². The van der Waals surface area contributed by atoms with E-state index in [9.17, 15) is 18.0 Å². The lowest BCUT2D eigenvalue weighted by molar-refractivity contribution is 0.107. The highest BCUT2D eigenvalue weighted by molar-refractivity contribution is 8.05. The van der Waals surface area contributed by atoms with E-state index in [1.165, 1.54) is 36.4 Å². The lowest BCUT2D eigenvalue weighted by Gasteiger charge is -2.20. The van der Waals surface area contributed by atoms with Crippen molar-refractivity contribution in [3.63, 3.8) is 0 Å². The van der Waals surface area contributed by atoms with Gasteiger partial charge in [-0.05, 0) is 12.1 Å². The third-order valence-corrected chi connectivity index (χ3v) is 3.85. The number of para-hydroxylation sites is 1. The predicted octanol–water partition coefficient (Wildman–Crippen LogP) is 1.25. The quantitative estimate of drug-likeness (QED) is 0.826. The van der Waals surface area contributed by atoms with Crippen LogP contribution in [0.5, 0.6) is 0 Å². The van der Waals surface area contributed by atoms with Gasteiger partial charge in [-0.2, -0.15) is 0 Å². The van der Waals surface area contributed by atoms with E-state index in [-0.39, 0.29) is 11.3 Å². The molecule has 0 spiro atoms. The van der Waals surface area contributed by atoms with E-state index >= 15 is 0 Å². The molecule has 0 heterocycles. The molecule has 114 valence electrons. The molecule has 0 atom stereocenters. The maximum Gasteiger partial charge on any atom is 0.334 e. The Morgan fingerprint density at radius 3 is 1.91 bits per heavy atom. The molecular formula is C14H13N3O4S. The molecule has 0 aromatic heterocycles. The fourth-order valence-electron chi connectivity index (χ4n) is 1.69. The summed E-state index contributed by atoms with van der Waals surface area (Å²) in [5.41, 5.74) is 5.34. The number of sulfonamides is 1. The number of carbonyl (C=O) groups is 2. The van der Waals surface area contributed by atoms with Crippen LogP contribution in [-0.4, -0.2) is 19.6 Å². The molecule has 0 saturated heterocycles. The van der Waals surface area contributed by atoms with Gasteiger partial charge in [-0.15, -0.1) is 4.83 Å². The molecule has 0 fully saturated rings. The van der Waals surface area contributed by atoms with Gasteiger partial charge in [0.1, 0.15) is 0 Å². The maximum absolute atomic E-state index is 12.1. The van der Waals surface area contributed by atoms with Crippen LogP contribution in [0.1, 0.15) is 10.4 Å². The van der Waals surface area contributed by atoms with Crippen molar-refractivity contribution in [3.05, 3.63) is 66.2 Å². The Balaban J connectivity index is 2.30. The zero-order chi connectivity index (χ0) is 16.2. The number of nitrogens with two attached hydrogens (primary N) is 1. The monoisotopic (exact) mass is 319 g/mol. The molecule has 0 saturated carbocycles. The molecule has 7 nitrogen and oxygen atoms in total. The van der Waals surface area contributed by atoms with Crippen LogP contribution in [0.15, 0.2) is 60.7 Å². The van der Waals surface area contributed by atoms with Crippen molar-refractivity contribution in [1.29, 1.82) is 0 Å². The molecule has 0 aliphatic heterocycles. The number of anilines is 1. The van der Waals surface area contributed by atoms with Gasteiger partial charge in [-0.1, -0.05) is 48.5 Å². The number of carbonyl (C=O) groups excluding carboxylic acids is 2. The number of rotatable bonds is 4. The summed E-state index contributed by atoms with van der Waals surface area (Å²) in [6, 6.07) is 14.2. The topological polar surface area (TPSA) is 110 Å². The summed E-state index contributed by atoms with van der Waals surface area (Å²) >= 11 is 0. The number of primary amides is 1. The Morgan fingerprint density at radius 2 is 1.41 bits per heavy atom. The first-order valence-electron chi connectivity index (χ1n) is 6.18. The van der Waals surface area contributed by atoms with Crippen LogP contribution < -0.4 is 15.6 Å². The Bertz CT molecular complexity index is 776. The summed E-state index contributed by atoms with van der Waals surface area (Å²) in [5.74, 6) is 0. The van der Waals surface area contributed by atoms with Crippen LogP contribution in [0, 0.1) is 0 Å². The molecule has 8 heteroatoms. The van der Waals surface area contributed by atoms with E-state index in [0.29, 0.717) is 5.01 Å². The molecular weight excluding hydrogens is 306 g/mol. The number of hydrazine groups is 1. The van der Waals surface area contributed by atoms with Crippen molar-refractivity contribution in [2.24, 2.45) is 5.73 Å². The van der Waals surface area contributed by atoms with Crippen molar-refractivity contribution >= 4 is 26.9 Å². The number of urea groups is 1. The van der Waals surface area contributed by atoms with Crippen LogP contribution in [0.2, 0.25) is 0 Å². The Morgan fingerprint density at radius 1 is 0.909 bits per heavy atom. The highest BCUT2D eigenvalue weighted by Crippen LogP contribution is 2.13. The summed E-state index contributed by atoms with van der Waals surface area (Å²) < 4.78 is 24.2. The molecule has 2 aromatic carbocycles. The van der Waals surface area contributed by atoms with Crippen molar-refractivity contribution in [3.8, 4) is 0 Å². The molecule has 2 aromatic rings. The SMILES string of the molecule is NC(=O)N(NS(=O)(=O)C(=O)c1ccccc1)c1ccccc1. The molecule has 0 bridgehead atoms. The number of hydrogen-bond donors (Lipinski definition) is 2. The number of amides is 2. The van der Waals surface area contributed by atoms with E-state index in [0.717, 1.165) is 0 Å². The first-order chi connectivity index (χ1) is 10.4. The Hall–Kier alpha value is -2.71. The second kappa shape index (κ2) is 6.37. The first kappa shape index (κ1) is 15.7. The number of nitrogens with zero attached hydrogens (tertiary/aromatic N) is 1. The van der Waals surface area contributed by atoms with Crippen LogP contribution >= 0.6 is 0 Å². The normalized spacial score (nSPS) is 10.9. The van der Waals surface area contributed by atoms with Crippen LogP contribution in [0.3, 0.4) is 0 Å². The summed E-state index contributed by atoms with van der Waals surface area (Å²) in [5, 5.41) is -0.564. The summed E-state index contributed by atoms with van der Waals surface area (Å²) in [6.07, 6.45) is 0. The van der Waals surface area contributed by atoms with E-state index in [1.54, 1.807) is 24.3 Å². The molecule has 3 N–H and O–H groups in total. The standard InChI is InChI=1S/C14H13N3O4S/c15-14(19)17(12-9-5-2-6-10-12)16-22(20,21)13(18)11-7-3-1-4-8-11/h1-10,16H,(H2,15,19). The first-order valence-corrected chi connectivity index (χ1v) is 7.66. The second-order valence-electron chi connectivity index (χ2n) is 4.26.